The molecule has 2 N–H and O–H groups in total. The van der Waals surface area contributed by atoms with Crippen molar-refractivity contribution >= 4 is 40.6 Å². The average molecular weight is 475 g/mol. The summed E-state index contributed by atoms with van der Waals surface area (Å²) in [7, 11) is 0. The summed E-state index contributed by atoms with van der Waals surface area (Å²) in [6, 6.07) is 6.88. The van der Waals surface area contributed by atoms with Crippen LogP contribution in [0.1, 0.15) is 46.9 Å². The SMILES string of the molecule is C=CC(=O)N1CCCC[C@@H](n2c(NC(=O)c3ccnc(C)c3)nc3ccc4c(c32)NC(=O)OC4)C1. The number of hydrogen-bond donors (Lipinski definition) is 2. The molecule has 10 heteroatoms. The fraction of sp³-hybridized carbons (Fsp3) is 0.320. The van der Waals surface area contributed by atoms with Crippen LogP contribution in [0.25, 0.3) is 11.0 Å². The van der Waals surface area contributed by atoms with Crippen LogP contribution in [0.3, 0.4) is 0 Å². The van der Waals surface area contributed by atoms with E-state index in [0.29, 0.717) is 41.3 Å². The monoisotopic (exact) mass is 474 g/mol. The van der Waals surface area contributed by atoms with Gasteiger partial charge in [-0.1, -0.05) is 12.6 Å². The molecule has 10 nitrogen and oxygen atoms in total. The maximum Gasteiger partial charge on any atom is 0.412 e. The molecule has 5 rings (SSSR count). The minimum Gasteiger partial charge on any atom is -0.444 e. The number of cyclic esters (lactones) is 1. The first kappa shape index (κ1) is 22.6. The van der Waals surface area contributed by atoms with Gasteiger partial charge in [-0.25, -0.2) is 9.78 Å². The Labute approximate surface area is 202 Å². The van der Waals surface area contributed by atoms with Crippen molar-refractivity contribution < 1.29 is 19.1 Å². The van der Waals surface area contributed by atoms with Crippen LogP contribution in [-0.2, 0) is 16.1 Å². The number of rotatable bonds is 4. The third-order valence-corrected chi connectivity index (χ3v) is 6.41. The number of nitrogens with one attached hydrogen (secondary N) is 2. The number of likely N-dealkylation sites (tertiary alicyclic amines) is 1. The van der Waals surface area contributed by atoms with Gasteiger partial charge >= 0.3 is 6.09 Å². The number of ether oxygens (including phenoxy) is 1. The van der Waals surface area contributed by atoms with Crippen LogP contribution in [0.15, 0.2) is 43.1 Å². The molecule has 1 atom stereocenters. The molecular formula is C25H26N6O4. The van der Waals surface area contributed by atoms with Gasteiger partial charge in [-0.15, -0.1) is 0 Å². The van der Waals surface area contributed by atoms with Gasteiger partial charge in [0.1, 0.15) is 6.61 Å². The van der Waals surface area contributed by atoms with Gasteiger partial charge in [0.05, 0.1) is 22.8 Å². The van der Waals surface area contributed by atoms with E-state index in [-0.39, 0.29) is 24.5 Å². The number of carbonyl (C=O) groups excluding carboxylic acids is 3. The lowest BCUT2D eigenvalue weighted by Gasteiger charge is -2.27. The van der Waals surface area contributed by atoms with Gasteiger partial charge in [-0.05, 0) is 50.5 Å². The Balaban J connectivity index is 1.63. The van der Waals surface area contributed by atoms with Gasteiger partial charge in [0.25, 0.3) is 5.91 Å². The Bertz CT molecular complexity index is 1350. The Morgan fingerprint density at radius 1 is 1.29 bits per heavy atom. The topological polar surface area (TPSA) is 118 Å². The smallest absolute Gasteiger partial charge is 0.412 e. The molecule has 0 unspecified atom stereocenters. The summed E-state index contributed by atoms with van der Waals surface area (Å²) in [4.78, 5) is 48.4. The quantitative estimate of drug-likeness (QED) is 0.556. The summed E-state index contributed by atoms with van der Waals surface area (Å²) in [5, 5.41) is 5.76. The summed E-state index contributed by atoms with van der Waals surface area (Å²) in [5.41, 5.74) is 3.93. The minimum absolute atomic E-state index is 0.136. The number of nitrogens with zero attached hydrogens (tertiary/aromatic N) is 4. The second-order valence-electron chi connectivity index (χ2n) is 8.75. The van der Waals surface area contributed by atoms with Crippen LogP contribution in [0.4, 0.5) is 16.4 Å². The Morgan fingerprint density at radius 2 is 2.14 bits per heavy atom. The van der Waals surface area contributed by atoms with E-state index in [2.05, 4.69) is 22.2 Å². The molecule has 3 aromatic rings. The van der Waals surface area contributed by atoms with Crippen LogP contribution < -0.4 is 10.6 Å². The summed E-state index contributed by atoms with van der Waals surface area (Å²) in [5.74, 6) is -0.102. The van der Waals surface area contributed by atoms with Crippen molar-refractivity contribution in [2.24, 2.45) is 0 Å². The number of anilines is 2. The van der Waals surface area contributed by atoms with Crippen LogP contribution in [0, 0.1) is 6.92 Å². The Morgan fingerprint density at radius 3 is 2.94 bits per heavy atom. The summed E-state index contributed by atoms with van der Waals surface area (Å²) in [6.45, 7) is 6.66. The first-order chi connectivity index (χ1) is 16.9. The van der Waals surface area contributed by atoms with Crippen LogP contribution >= 0.6 is 0 Å². The number of carbonyl (C=O) groups is 3. The molecule has 180 valence electrons. The van der Waals surface area contributed by atoms with E-state index in [1.54, 1.807) is 23.2 Å². The van der Waals surface area contributed by atoms with Crippen molar-refractivity contribution in [2.75, 3.05) is 23.7 Å². The van der Waals surface area contributed by atoms with E-state index in [9.17, 15) is 14.4 Å². The number of aryl methyl sites for hydroxylation is 1. The van der Waals surface area contributed by atoms with E-state index in [0.717, 1.165) is 30.5 Å². The van der Waals surface area contributed by atoms with Gasteiger partial charge in [0, 0.05) is 36.1 Å². The molecule has 1 aromatic carbocycles. The molecule has 4 heterocycles. The van der Waals surface area contributed by atoms with Crippen molar-refractivity contribution in [3.8, 4) is 0 Å². The largest absolute Gasteiger partial charge is 0.444 e. The Kier molecular flexibility index (Phi) is 5.94. The van der Waals surface area contributed by atoms with Crippen molar-refractivity contribution in [3.63, 3.8) is 0 Å². The molecular weight excluding hydrogens is 448 g/mol. The maximum atomic E-state index is 13.1. The van der Waals surface area contributed by atoms with Crippen molar-refractivity contribution in [1.29, 1.82) is 0 Å². The lowest BCUT2D eigenvalue weighted by molar-refractivity contribution is -0.126. The van der Waals surface area contributed by atoms with Gasteiger partial charge < -0.3 is 14.2 Å². The number of amides is 3. The molecule has 0 bridgehead atoms. The van der Waals surface area contributed by atoms with Gasteiger partial charge in [0.15, 0.2) is 0 Å². The number of hydrogen-bond acceptors (Lipinski definition) is 6. The molecule has 1 fully saturated rings. The zero-order valence-corrected chi connectivity index (χ0v) is 19.4. The highest BCUT2D eigenvalue weighted by Crippen LogP contribution is 2.37. The summed E-state index contributed by atoms with van der Waals surface area (Å²) in [6.07, 6.45) is 4.90. The molecule has 2 aliphatic rings. The fourth-order valence-electron chi connectivity index (χ4n) is 4.73. The van der Waals surface area contributed by atoms with E-state index < -0.39 is 6.09 Å². The molecule has 0 radical (unpaired) electrons. The third-order valence-electron chi connectivity index (χ3n) is 6.41. The molecule has 2 aromatic heterocycles. The second kappa shape index (κ2) is 9.21. The van der Waals surface area contributed by atoms with E-state index >= 15 is 0 Å². The van der Waals surface area contributed by atoms with Gasteiger partial charge in [-0.2, -0.15) is 0 Å². The number of imidazole rings is 1. The molecule has 0 saturated carbocycles. The third kappa shape index (κ3) is 4.34. The van der Waals surface area contributed by atoms with E-state index in [1.807, 2.05) is 23.6 Å². The standard InChI is InChI=1S/C25H26N6O4/c1-3-20(32)30-11-5-4-6-18(13-30)31-22-19(8-7-17-14-35-25(34)28-21(17)22)27-24(31)29-23(33)16-9-10-26-15(2)12-16/h3,7-10,12,18H,1,4-6,11,13-14H2,2H3,(H,28,34)(H,27,29,33)/t18-/m1/s1. The van der Waals surface area contributed by atoms with E-state index in [1.165, 1.54) is 6.08 Å². The number of benzene rings is 1. The zero-order chi connectivity index (χ0) is 24.5. The zero-order valence-electron chi connectivity index (χ0n) is 19.4. The molecule has 3 amide bonds. The number of aromatic nitrogens is 3. The normalized spacial score (nSPS) is 17.7. The lowest BCUT2D eigenvalue weighted by atomic mass is 10.1. The molecule has 0 aliphatic carbocycles. The molecule has 2 aliphatic heterocycles. The second-order valence-corrected chi connectivity index (χ2v) is 8.75. The molecule has 35 heavy (non-hydrogen) atoms. The Hall–Kier alpha value is -4.21. The van der Waals surface area contributed by atoms with Crippen LogP contribution in [0.2, 0.25) is 0 Å². The average Bonchev–Trinajstić information content (AvgIpc) is 3.04. The lowest BCUT2D eigenvalue weighted by Crippen LogP contribution is -2.34. The number of fused-ring (bicyclic) bond motifs is 3. The van der Waals surface area contributed by atoms with Crippen LogP contribution in [-0.4, -0.2) is 50.4 Å². The highest BCUT2D eigenvalue weighted by molar-refractivity contribution is 6.06. The highest BCUT2D eigenvalue weighted by atomic mass is 16.5. The predicted octanol–water partition coefficient (Wildman–Crippen LogP) is 3.79. The highest BCUT2D eigenvalue weighted by Gasteiger charge is 2.30. The fourth-order valence-corrected chi connectivity index (χ4v) is 4.73. The van der Waals surface area contributed by atoms with Crippen molar-refractivity contribution in [2.45, 2.75) is 38.8 Å². The van der Waals surface area contributed by atoms with Gasteiger partial charge in [-0.3, -0.25) is 25.2 Å². The summed E-state index contributed by atoms with van der Waals surface area (Å²) >= 11 is 0. The van der Waals surface area contributed by atoms with Gasteiger partial charge in [0.2, 0.25) is 11.9 Å². The molecule has 0 spiro atoms. The predicted molar refractivity (Wildman–Crippen MR) is 130 cm³/mol. The van der Waals surface area contributed by atoms with Crippen molar-refractivity contribution in [1.82, 2.24) is 19.4 Å². The number of pyridine rings is 1. The first-order valence-corrected chi connectivity index (χ1v) is 11.6. The van der Waals surface area contributed by atoms with E-state index in [4.69, 9.17) is 9.72 Å². The summed E-state index contributed by atoms with van der Waals surface area (Å²) < 4.78 is 7.09. The van der Waals surface area contributed by atoms with Crippen molar-refractivity contribution in [3.05, 3.63) is 59.9 Å². The van der Waals surface area contributed by atoms with Crippen LogP contribution in [0.5, 0.6) is 0 Å². The minimum atomic E-state index is -0.542. The maximum absolute atomic E-state index is 13.1. The first-order valence-electron chi connectivity index (χ1n) is 11.6. The molecule has 1 saturated heterocycles.